The van der Waals surface area contributed by atoms with E-state index in [4.69, 9.17) is 5.11 Å². The van der Waals surface area contributed by atoms with Gasteiger partial charge in [-0.05, 0) is 19.4 Å². The summed E-state index contributed by atoms with van der Waals surface area (Å²) in [6.07, 6.45) is 2.08. The van der Waals surface area contributed by atoms with Crippen LogP contribution in [-0.4, -0.2) is 34.9 Å². The molecule has 0 bridgehead atoms. The predicted octanol–water partition coefficient (Wildman–Crippen LogP) is 0.781. The number of anilines is 1. The molecular formula is C11H18N2O2. The van der Waals surface area contributed by atoms with E-state index < -0.39 is 0 Å². The van der Waals surface area contributed by atoms with Crippen LogP contribution in [-0.2, 0) is 6.61 Å². The van der Waals surface area contributed by atoms with Crippen molar-refractivity contribution in [3.63, 3.8) is 0 Å². The molecule has 0 aromatic carbocycles. The molecule has 0 aliphatic rings. The van der Waals surface area contributed by atoms with Crippen molar-refractivity contribution in [2.45, 2.75) is 26.1 Å². The maximum atomic E-state index is 9.18. The maximum Gasteiger partial charge on any atom is 0.133 e. The highest BCUT2D eigenvalue weighted by Crippen LogP contribution is 2.15. The van der Waals surface area contributed by atoms with Crippen molar-refractivity contribution in [3.05, 3.63) is 23.9 Å². The largest absolute Gasteiger partial charge is 0.393 e. The van der Waals surface area contributed by atoms with Gasteiger partial charge in [0.2, 0.25) is 0 Å². The van der Waals surface area contributed by atoms with Gasteiger partial charge in [0, 0.05) is 25.4 Å². The van der Waals surface area contributed by atoms with Crippen molar-refractivity contribution >= 4 is 5.82 Å². The third-order valence-corrected chi connectivity index (χ3v) is 2.28. The van der Waals surface area contributed by atoms with Crippen molar-refractivity contribution in [2.24, 2.45) is 0 Å². The number of hydrogen-bond donors (Lipinski definition) is 2. The Kier molecular flexibility index (Phi) is 4.52. The summed E-state index contributed by atoms with van der Waals surface area (Å²) in [6.45, 7) is 2.48. The number of nitrogens with zero attached hydrogens (tertiary/aromatic N) is 2. The monoisotopic (exact) mass is 210 g/mol. The van der Waals surface area contributed by atoms with Crippen LogP contribution in [0.15, 0.2) is 18.3 Å². The fourth-order valence-corrected chi connectivity index (χ4v) is 1.38. The molecule has 4 nitrogen and oxygen atoms in total. The number of rotatable bonds is 5. The number of pyridine rings is 1. The fourth-order valence-electron chi connectivity index (χ4n) is 1.38. The minimum absolute atomic E-state index is 0.0117. The van der Waals surface area contributed by atoms with Crippen LogP contribution >= 0.6 is 0 Å². The summed E-state index contributed by atoms with van der Waals surface area (Å²) in [5, 5.41) is 18.3. The predicted molar refractivity (Wildman–Crippen MR) is 59.7 cm³/mol. The zero-order valence-corrected chi connectivity index (χ0v) is 9.22. The summed E-state index contributed by atoms with van der Waals surface area (Å²) in [4.78, 5) is 6.15. The average molecular weight is 210 g/mol. The van der Waals surface area contributed by atoms with Crippen molar-refractivity contribution in [1.82, 2.24) is 4.98 Å². The van der Waals surface area contributed by atoms with Crippen molar-refractivity contribution in [2.75, 3.05) is 18.5 Å². The SMILES string of the molecule is CC(O)CCN(C)c1ncccc1CO. The molecule has 1 unspecified atom stereocenters. The minimum Gasteiger partial charge on any atom is -0.393 e. The molecule has 1 rings (SSSR count). The first-order valence-corrected chi connectivity index (χ1v) is 5.09. The Hall–Kier alpha value is -1.13. The van der Waals surface area contributed by atoms with Gasteiger partial charge in [-0.2, -0.15) is 0 Å². The van der Waals surface area contributed by atoms with Gasteiger partial charge in [0.15, 0.2) is 0 Å². The Bertz CT molecular complexity index is 302. The topological polar surface area (TPSA) is 56.6 Å². The molecule has 0 amide bonds. The Morgan fingerprint density at radius 1 is 1.53 bits per heavy atom. The summed E-state index contributed by atoms with van der Waals surface area (Å²) < 4.78 is 0. The number of hydrogen-bond acceptors (Lipinski definition) is 4. The fraction of sp³-hybridized carbons (Fsp3) is 0.545. The summed E-state index contributed by atoms with van der Waals surface area (Å²) in [6, 6.07) is 3.65. The van der Waals surface area contributed by atoms with Crippen LogP contribution in [0, 0.1) is 0 Å². The molecule has 1 heterocycles. The van der Waals surface area contributed by atoms with Crippen molar-refractivity contribution < 1.29 is 10.2 Å². The Labute approximate surface area is 90.2 Å². The molecule has 0 fully saturated rings. The molecule has 0 aliphatic carbocycles. The second-order valence-corrected chi connectivity index (χ2v) is 3.70. The Morgan fingerprint density at radius 2 is 2.27 bits per heavy atom. The summed E-state index contributed by atoms with van der Waals surface area (Å²) in [7, 11) is 1.91. The molecule has 0 saturated heterocycles. The van der Waals surface area contributed by atoms with Gasteiger partial charge in [-0.1, -0.05) is 6.07 Å². The van der Waals surface area contributed by atoms with Crippen LogP contribution in [0.3, 0.4) is 0 Å². The smallest absolute Gasteiger partial charge is 0.133 e. The highest BCUT2D eigenvalue weighted by molar-refractivity contribution is 5.45. The van der Waals surface area contributed by atoms with E-state index in [0.29, 0.717) is 6.42 Å². The van der Waals surface area contributed by atoms with Crippen LogP contribution in [0.5, 0.6) is 0 Å². The molecular weight excluding hydrogens is 192 g/mol. The van der Waals surface area contributed by atoms with E-state index in [0.717, 1.165) is 17.9 Å². The molecule has 0 spiro atoms. The van der Waals surface area contributed by atoms with Crippen LogP contribution in [0.1, 0.15) is 18.9 Å². The van der Waals surface area contributed by atoms with Crippen LogP contribution < -0.4 is 4.90 Å². The standard InChI is InChI=1S/C11H18N2O2/c1-9(15)5-7-13(2)11-10(8-14)4-3-6-12-11/h3-4,6,9,14-15H,5,7-8H2,1-2H3. The lowest BCUT2D eigenvalue weighted by Gasteiger charge is -2.21. The van der Waals surface area contributed by atoms with Gasteiger partial charge in [0.1, 0.15) is 5.82 Å². The van der Waals surface area contributed by atoms with Gasteiger partial charge in [-0.3, -0.25) is 0 Å². The number of aromatic nitrogens is 1. The van der Waals surface area contributed by atoms with Gasteiger partial charge in [-0.15, -0.1) is 0 Å². The molecule has 84 valence electrons. The molecule has 1 atom stereocenters. The second kappa shape index (κ2) is 5.68. The highest BCUT2D eigenvalue weighted by atomic mass is 16.3. The normalized spacial score (nSPS) is 12.5. The molecule has 15 heavy (non-hydrogen) atoms. The van der Waals surface area contributed by atoms with Gasteiger partial charge in [0.25, 0.3) is 0 Å². The highest BCUT2D eigenvalue weighted by Gasteiger charge is 2.08. The molecule has 0 saturated carbocycles. The molecule has 1 aromatic heterocycles. The molecule has 4 heteroatoms. The average Bonchev–Trinajstić information content (AvgIpc) is 2.25. The lowest BCUT2D eigenvalue weighted by Crippen LogP contribution is -2.23. The van der Waals surface area contributed by atoms with Gasteiger partial charge >= 0.3 is 0 Å². The van der Waals surface area contributed by atoms with E-state index in [-0.39, 0.29) is 12.7 Å². The van der Waals surface area contributed by atoms with Crippen molar-refractivity contribution in [1.29, 1.82) is 0 Å². The Balaban J connectivity index is 2.68. The Morgan fingerprint density at radius 3 is 2.87 bits per heavy atom. The van der Waals surface area contributed by atoms with E-state index in [1.54, 1.807) is 19.2 Å². The zero-order valence-electron chi connectivity index (χ0n) is 9.22. The summed E-state index contributed by atoms with van der Waals surface area (Å²) in [5.41, 5.74) is 0.811. The first kappa shape index (κ1) is 11.9. The first-order valence-electron chi connectivity index (χ1n) is 5.09. The number of aliphatic hydroxyl groups excluding tert-OH is 2. The molecule has 0 aliphatic heterocycles. The van der Waals surface area contributed by atoms with Gasteiger partial charge in [0.05, 0.1) is 12.7 Å². The van der Waals surface area contributed by atoms with Gasteiger partial charge in [-0.25, -0.2) is 4.98 Å². The quantitative estimate of drug-likeness (QED) is 0.754. The third kappa shape index (κ3) is 3.49. The third-order valence-electron chi connectivity index (χ3n) is 2.28. The van der Waals surface area contributed by atoms with Crippen LogP contribution in [0.2, 0.25) is 0 Å². The lowest BCUT2D eigenvalue weighted by molar-refractivity contribution is 0.186. The number of aliphatic hydroxyl groups is 2. The van der Waals surface area contributed by atoms with Crippen LogP contribution in [0.25, 0.3) is 0 Å². The van der Waals surface area contributed by atoms with Crippen LogP contribution in [0.4, 0.5) is 5.82 Å². The molecule has 0 radical (unpaired) electrons. The zero-order chi connectivity index (χ0) is 11.3. The molecule has 1 aromatic rings. The van der Waals surface area contributed by atoms with Crippen molar-refractivity contribution in [3.8, 4) is 0 Å². The second-order valence-electron chi connectivity index (χ2n) is 3.70. The molecule has 2 N–H and O–H groups in total. The van der Waals surface area contributed by atoms with E-state index in [2.05, 4.69) is 4.98 Å². The van der Waals surface area contributed by atoms with E-state index in [1.807, 2.05) is 18.0 Å². The first-order chi connectivity index (χ1) is 7.15. The van der Waals surface area contributed by atoms with E-state index in [9.17, 15) is 5.11 Å². The maximum absolute atomic E-state index is 9.18. The van der Waals surface area contributed by atoms with E-state index >= 15 is 0 Å². The van der Waals surface area contributed by atoms with Gasteiger partial charge < -0.3 is 15.1 Å². The summed E-state index contributed by atoms with van der Waals surface area (Å²) >= 11 is 0. The van der Waals surface area contributed by atoms with E-state index in [1.165, 1.54) is 0 Å². The lowest BCUT2D eigenvalue weighted by atomic mass is 10.2. The minimum atomic E-state index is -0.311. The summed E-state index contributed by atoms with van der Waals surface area (Å²) in [5.74, 6) is 0.778.